The van der Waals surface area contributed by atoms with Crippen LogP contribution in [0.25, 0.3) is 0 Å². The first-order valence-corrected chi connectivity index (χ1v) is 10.3. The zero-order valence-corrected chi connectivity index (χ0v) is 18.1. The van der Waals surface area contributed by atoms with Crippen LogP contribution in [0, 0.1) is 33.1 Å². The molecule has 1 amide bonds. The van der Waals surface area contributed by atoms with E-state index >= 15 is 0 Å². The molecule has 0 aliphatic heterocycles. The molecule has 11 heteroatoms. The molecule has 0 unspecified atom stereocenters. The number of benzene rings is 1. The van der Waals surface area contributed by atoms with Crippen LogP contribution in [0.5, 0.6) is 0 Å². The molecule has 0 fully saturated rings. The third-order valence-corrected chi connectivity index (χ3v) is 5.24. The molecular weight excluding hydrogens is 418 g/mol. The highest BCUT2D eigenvalue weighted by atomic mass is 16.6. The van der Waals surface area contributed by atoms with Crippen LogP contribution < -0.4 is 10.7 Å². The summed E-state index contributed by atoms with van der Waals surface area (Å²) < 4.78 is 5.84. The lowest BCUT2D eigenvalue weighted by Crippen LogP contribution is -2.25. The quantitative estimate of drug-likeness (QED) is 0.454. The third-order valence-electron chi connectivity index (χ3n) is 5.24. The average molecular weight is 443 g/mol. The fourth-order valence-electron chi connectivity index (χ4n) is 3.56. The number of amides is 1. The summed E-state index contributed by atoms with van der Waals surface area (Å²) >= 11 is 0. The molecule has 32 heavy (non-hydrogen) atoms. The van der Waals surface area contributed by atoms with Gasteiger partial charge in [-0.1, -0.05) is 13.8 Å². The van der Waals surface area contributed by atoms with E-state index in [1.165, 1.54) is 12.1 Å². The molecule has 1 heterocycles. The topological polar surface area (TPSA) is 153 Å². The highest BCUT2D eigenvalue weighted by Crippen LogP contribution is 2.32. The molecule has 11 nitrogen and oxygen atoms in total. The van der Waals surface area contributed by atoms with E-state index in [0.29, 0.717) is 42.3 Å². The van der Waals surface area contributed by atoms with Gasteiger partial charge in [0.25, 0.3) is 11.6 Å². The molecule has 1 aromatic heterocycles. The molecule has 0 radical (unpaired) electrons. The van der Waals surface area contributed by atoms with Crippen LogP contribution in [0.4, 0.5) is 17.1 Å². The standard InChI is InChI=1S/C21H25N5O6/c1-12(2)9-10-22-21(27)20-13(3)19-16(5-4-6-18(19)32-20)24-23-15-8-7-14(25(28)29)11-17(15)26(30)31/h7-8,11-12,23H,4-6,9-10H2,1-3H3,(H,22,27)/b24-16+. The Morgan fingerprint density at radius 1 is 1.22 bits per heavy atom. The van der Waals surface area contributed by atoms with Crippen LogP contribution in [-0.2, 0) is 6.42 Å². The molecule has 3 rings (SSSR count). The Hall–Kier alpha value is -3.76. The minimum absolute atomic E-state index is 0.0352. The summed E-state index contributed by atoms with van der Waals surface area (Å²) in [6.45, 7) is 6.49. The van der Waals surface area contributed by atoms with Crippen LogP contribution in [0.15, 0.2) is 27.7 Å². The molecule has 1 aliphatic carbocycles. The molecule has 0 saturated carbocycles. The average Bonchev–Trinajstić information content (AvgIpc) is 3.09. The van der Waals surface area contributed by atoms with Gasteiger partial charge in [-0.05, 0) is 38.2 Å². The van der Waals surface area contributed by atoms with Crippen LogP contribution in [0.2, 0.25) is 0 Å². The van der Waals surface area contributed by atoms with Crippen molar-refractivity contribution in [2.75, 3.05) is 12.0 Å². The monoisotopic (exact) mass is 443 g/mol. The smallest absolute Gasteiger partial charge is 0.301 e. The number of carbonyl (C=O) groups excluding carboxylic acids is 1. The Labute approximate surface area is 184 Å². The van der Waals surface area contributed by atoms with E-state index in [1.54, 1.807) is 6.92 Å². The van der Waals surface area contributed by atoms with E-state index in [9.17, 15) is 25.0 Å². The number of rotatable bonds is 8. The van der Waals surface area contributed by atoms with Gasteiger partial charge in [-0.2, -0.15) is 5.10 Å². The molecule has 1 aromatic carbocycles. The number of nitrogens with one attached hydrogen (secondary N) is 2. The number of fused-ring (bicyclic) bond motifs is 1. The van der Waals surface area contributed by atoms with Crippen molar-refractivity contribution in [1.29, 1.82) is 0 Å². The Kier molecular flexibility index (Phi) is 6.86. The van der Waals surface area contributed by atoms with E-state index in [2.05, 4.69) is 29.7 Å². The van der Waals surface area contributed by atoms with Crippen molar-refractivity contribution in [3.63, 3.8) is 0 Å². The van der Waals surface area contributed by atoms with Crippen molar-refractivity contribution in [3.05, 3.63) is 61.1 Å². The van der Waals surface area contributed by atoms with Gasteiger partial charge in [0.05, 0.1) is 21.6 Å². The van der Waals surface area contributed by atoms with Gasteiger partial charge < -0.3 is 9.73 Å². The highest BCUT2D eigenvalue weighted by molar-refractivity contribution is 6.06. The van der Waals surface area contributed by atoms with Gasteiger partial charge in [0.2, 0.25) is 0 Å². The second-order valence-corrected chi connectivity index (χ2v) is 8.03. The van der Waals surface area contributed by atoms with E-state index < -0.39 is 15.5 Å². The normalized spacial score (nSPS) is 14.3. The van der Waals surface area contributed by atoms with E-state index in [4.69, 9.17) is 4.42 Å². The zero-order chi connectivity index (χ0) is 23.4. The van der Waals surface area contributed by atoms with Gasteiger partial charge in [-0.25, -0.2) is 0 Å². The first kappa shape index (κ1) is 22.9. The summed E-state index contributed by atoms with van der Waals surface area (Å²) in [7, 11) is 0. The minimum Gasteiger partial charge on any atom is -0.455 e. The Bertz CT molecular complexity index is 1090. The molecule has 1 aliphatic rings. The van der Waals surface area contributed by atoms with Crippen molar-refractivity contribution >= 4 is 28.7 Å². The van der Waals surface area contributed by atoms with Crippen molar-refractivity contribution in [1.82, 2.24) is 5.32 Å². The number of aryl methyl sites for hydroxylation is 1. The fourth-order valence-corrected chi connectivity index (χ4v) is 3.56. The maximum Gasteiger partial charge on any atom is 0.301 e. The molecule has 0 saturated heterocycles. The summed E-state index contributed by atoms with van der Waals surface area (Å²) in [5.41, 5.74) is 3.87. The Morgan fingerprint density at radius 2 is 1.97 bits per heavy atom. The number of anilines is 1. The number of nitrogens with zero attached hydrogens (tertiary/aromatic N) is 3. The largest absolute Gasteiger partial charge is 0.455 e. The first-order chi connectivity index (χ1) is 15.2. The van der Waals surface area contributed by atoms with Crippen LogP contribution in [0.1, 0.15) is 60.6 Å². The number of hydrogen-bond acceptors (Lipinski definition) is 8. The van der Waals surface area contributed by atoms with Gasteiger partial charge in [0, 0.05) is 30.2 Å². The van der Waals surface area contributed by atoms with E-state index in [0.717, 1.165) is 24.5 Å². The number of hydrogen-bond donors (Lipinski definition) is 2. The van der Waals surface area contributed by atoms with Crippen LogP contribution in [0.3, 0.4) is 0 Å². The highest BCUT2D eigenvalue weighted by Gasteiger charge is 2.28. The number of carbonyl (C=O) groups is 1. The number of nitro benzene ring substituents is 2. The van der Waals surface area contributed by atoms with Crippen LogP contribution >= 0.6 is 0 Å². The lowest BCUT2D eigenvalue weighted by Gasteiger charge is -2.13. The summed E-state index contributed by atoms with van der Waals surface area (Å²) in [6.07, 6.45) is 2.86. The van der Waals surface area contributed by atoms with Crippen molar-refractivity contribution in [2.24, 2.45) is 11.0 Å². The van der Waals surface area contributed by atoms with Crippen molar-refractivity contribution in [2.45, 2.75) is 46.5 Å². The SMILES string of the molecule is Cc1c(C(=O)NCCC(C)C)oc2c1/C(=N/Nc1ccc([N+](=O)[O-])cc1[N+](=O)[O-])CCC2. The predicted molar refractivity (Wildman–Crippen MR) is 118 cm³/mol. The molecule has 2 N–H and O–H groups in total. The molecule has 0 atom stereocenters. The maximum atomic E-state index is 12.6. The number of hydrazone groups is 1. The third kappa shape index (κ3) is 4.93. The lowest BCUT2D eigenvalue weighted by atomic mass is 9.93. The fraction of sp³-hybridized carbons (Fsp3) is 0.429. The van der Waals surface area contributed by atoms with Gasteiger partial charge in [0.1, 0.15) is 11.4 Å². The number of non-ortho nitro benzene ring substituents is 1. The minimum atomic E-state index is -0.704. The molecule has 0 spiro atoms. The lowest BCUT2D eigenvalue weighted by molar-refractivity contribution is -0.393. The summed E-state index contributed by atoms with van der Waals surface area (Å²) in [5.74, 6) is 1.08. The van der Waals surface area contributed by atoms with Crippen molar-refractivity contribution in [3.8, 4) is 0 Å². The van der Waals surface area contributed by atoms with Gasteiger partial charge in [-0.15, -0.1) is 0 Å². The van der Waals surface area contributed by atoms with Crippen molar-refractivity contribution < 1.29 is 19.1 Å². The Balaban J connectivity index is 1.86. The maximum absolute atomic E-state index is 12.6. The molecule has 0 bridgehead atoms. The number of furan rings is 1. The summed E-state index contributed by atoms with van der Waals surface area (Å²) in [5, 5.41) is 29.5. The zero-order valence-electron chi connectivity index (χ0n) is 18.1. The Morgan fingerprint density at radius 3 is 2.62 bits per heavy atom. The molecule has 2 aromatic rings. The van der Waals surface area contributed by atoms with E-state index in [-0.39, 0.29) is 23.0 Å². The van der Waals surface area contributed by atoms with Gasteiger partial charge in [0.15, 0.2) is 5.76 Å². The molecular formula is C21H25N5O6. The second-order valence-electron chi connectivity index (χ2n) is 8.03. The van der Waals surface area contributed by atoms with E-state index in [1.807, 2.05) is 0 Å². The predicted octanol–water partition coefficient (Wildman–Crippen LogP) is 4.33. The summed E-state index contributed by atoms with van der Waals surface area (Å²) in [6, 6.07) is 3.31. The second kappa shape index (κ2) is 9.58. The van der Waals surface area contributed by atoms with Gasteiger partial charge in [-0.3, -0.25) is 30.4 Å². The molecule has 170 valence electrons. The first-order valence-electron chi connectivity index (χ1n) is 10.3. The number of nitro groups is 2. The van der Waals surface area contributed by atoms with Gasteiger partial charge >= 0.3 is 5.69 Å². The summed E-state index contributed by atoms with van der Waals surface area (Å²) in [4.78, 5) is 33.4. The van der Waals surface area contributed by atoms with Crippen LogP contribution in [-0.4, -0.2) is 28.0 Å².